The summed E-state index contributed by atoms with van der Waals surface area (Å²) < 4.78 is 32.1. The van der Waals surface area contributed by atoms with E-state index in [0.29, 0.717) is 26.7 Å². The van der Waals surface area contributed by atoms with Gasteiger partial charge in [0.2, 0.25) is 0 Å². The third-order valence-corrected chi connectivity index (χ3v) is 8.68. The monoisotopic (exact) mass is 505 g/mol. The fraction of sp³-hybridized carbons (Fsp3) is 0.458. The maximum Gasteiger partial charge on any atom is 0.341 e. The summed E-state index contributed by atoms with van der Waals surface area (Å²) in [7, 11) is 0. The van der Waals surface area contributed by atoms with Crippen molar-refractivity contribution >= 4 is 55.5 Å². The van der Waals surface area contributed by atoms with Crippen LogP contribution < -0.4 is 11.1 Å². The molecule has 1 fully saturated rings. The average Bonchev–Trinajstić information content (AvgIpc) is 3.50. The number of nitrogen functional groups attached to an aromatic ring is 1. The molecule has 10 heteroatoms. The van der Waals surface area contributed by atoms with Crippen LogP contribution in [0.15, 0.2) is 6.07 Å². The molecular weight excluding hydrogens is 480 g/mol. The number of amides is 1. The number of aromatic nitrogens is 1. The maximum absolute atomic E-state index is 13.4. The number of esters is 1. The van der Waals surface area contributed by atoms with Gasteiger partial charge in [-0.2, -0.15) is 0 Å². The predicted octanol–water partition coefficient (Wildman–Crippen LogP) is 6.31. The van der Waals surface area contributed by atoms with E-state index in [1.807, 2.05) is 0 Å². The van der Waals surface area contributed by atoms with E-state index in [4.69, 9.17) is 10.5 Å². The number of anilines is 2. The average molecular weight is 506 g/mol. The van der Waals surface area contributed by atoms with Crippen molar-refractivity contribution in [1.29, 1.82) is 0 Å². The van der Waals surface area contributed by atoms with Gasteiger partial charge in [-0.3, -0.25) is 4.79 Å². The summed E-state index contributed by atoms with van der Waals surface area (Å²) in [5, 5.41) is 3.91. The van der Waals surface area contributed by atoms with E-state index in [-0.39, 0.29) is 28.8 Å². The highest BCUT2D eigenvalue weighted by atomic mass is 32.1. The number of ether oxygens (including phenoxy) is 1. The lowest BCUT2D eigenvalue weighted by molar-refractivity contribution is 0.0526. The number of carbonyl (C=O) groups excluding carboxylic acids is 2. The number of nitrogens with zero attached hydrogens (tertiary/aromatic N) is 1. The second-order valence-electron chi connectivity index (χ2n) is 8.97. The maximum atomic E-state index is 13.4. The summed E-state index contributed by atoms with van der Waals surface area (Å²) >= 11 is 2.41. The number of hydrogen-bond donors (Lipinski definition) is 2. The SMILES string of the molecule is CCOC(=O)c1c(NC(=O)c2sc3nc(C(F)F)cc(C4CC4)c3c2N)sc2c1CCC(C)C2. The van der Waals surface area contributed by atoms with Gasteiger partial charge in [0.15, 0.2) is 0 Å². The van der Waals surface area contributed by atoms with Gasteiger partial charge in [0.25, 0.3) is 12.3 Å². The second-order valence-corrected chi connectivity index (χ2v) is 11.1. The minimum absolute atomic E-state index is 0.164. The van der Waals surface area contributed by atoms with Crippen molar-refractivity contribution in [3.05, 3.63) is 38.2 Å². The van der Waals surface area contributed by atoms with Crippen LogP contribution in [0.3, 0.4) is 0 Å². The zero-order valence-corrected chi connectivity index (χ0v) is 20.5. The Kier molecular flexibility index (Phi) is 6.05. The summed E-state index contributed by atoms with van der Waals surface area (Å²) in [4.78, 5) is 31.8. The molecule has 2 aliphatic carbocycles. The lowest BCUT2D eigenvalue weighted by Crippen LogP contribution is -2.16. The molecule has 6 nitrogen and oxygen atoms in total. The van der Waals surface area contributed by atoms with Gasteiger partial charge >= 0.3 is 5.97 Å². The van der Waals surface area contributed by atoms with Gasteiger partial charge in [0.05, 0.1) is 17.9 Å². The molecule has 3 N–H and O–H groups in total. The van der Waals surface area contributed by atoms with Gasteiger partial charge in [-0.05, 0) is 68.1 Å². The number of alkyl halides is 2. The fourth-order valence-corrected chi connectivity index (χ4v) is 7.01. The molecule has 1 saturated carbocycles. The lowest BCUT2D eigenvalue weighted by atomic mass is 9.88. The number of pyridine rings is 1. The third kappa shape index (κ3) is 4.07. The van der Waals surface area contributed by atoms with Crippen molar-refractivity contribution in [3.63, 3.8) is 0 Å². The smallest absolute Gasteiger partial charge is 0.341 e. The summed E-state index contributed by atoms with van der Waals surface area (Å²) in [5.41, 5.74) is 8.43. The number of thiophene rings is 2. The Morgan fingerprint density at radius 2 is 2.06 bits per heavy atom. The Hall–Kier alpha value is -2.59. The summed E-state index contributed by atoms with van der Waals surface area (Å²) in [6.07, 6.45) is 1.68. The van der Waals surface area contributed by atoms with Crippen LogP contribution >= 0.6 is 22.7 Å². The van der Waals surface area contributed by atoms with Crippen LogP contribution in [0.4, 0.5) is 19.5 Å². The van der Waals surface area contributed by atoms with Crippen molar-refractivity contribution < 1.29 is 23.1 Å². The van der Waals surface area contributed by atoms with Crippen molar-refractivity contribution in [2.24, 2.45) is 5.92 Å². The number of carbonyl (C=O) groups is 2. The van der Waals surface area contributed by atoms with E-state index in [1.165, 1.54) is 17.4 Å². The molecule has 1 atom stereocenters. The Bertz CT molecular complexity index is 1300. The van der Waals surface area contributed by atoms with Crippen molar-refractivity contribution in [2.75, 3.05) is 17.7 Å². The van der Waals surface area contributed by atoms with E-state index in [1.54, 1.807) is 6.92 Å². The number of halogens is 2. The van der Waals surface area contributed by atoms with Crippen LogP contribution in [-0.4, -0.2) is 23.5 Å². The molecule has 0 radical (unpaired) electrons. The number of rotatable bonds is 6. The van der Waals surface area contributed by atoms with Gasteiger partial charge in [0, 0.05) is 10.3 Å². The fourth-order valence-electron chi connectivity index (χ4n) is 4.58. The number of nitrogens with two attached hydrogens (primary N) is 1. The second kappa shape index (κ2) is 8.88. The Morgan fingerprint density at radius 3 is 2.74 bits per heavy atom. The predicted molar refractivity (Wildman–Crippen MR) is 130 cm³/mol. The summed E-state index contributed by atoms with van der Waals surface area (Å²) in [5.74, 6) is -0.261. The first kappa shape index (κ1) is 23.2. The first-order chi connectivity index (χ1) is 16.3. The first-order valence-corrected chi connectivity index (χ1v) is 13.1. The molecule has 3 aromatic rings. The zero-order valence-electron chi connectivity index (χ0n) is 18.9. The molecule has 0 bridgehead atoms. The molecule has 0 aliphatic heterocycles. The summed E-state index contributed by atoms with van der Waals surface area (Å²) in [6, 6.07) is 1.42. The topological polar surface area (TPSA) is 94.3 Å². The molecule has 0 aromatic carbocycles. The van der Waals surface area contributed by atoms with Crippen molar-refractivity contribution in [3.8, 4) is 0 Å². The molecule has 34 heavy (non-hydrogen) atoms. The highest BCUT2D eigenvalue weighted by molar-refractivity contribution is 7.21. The molecule has 180 valence electrons. The molecule has 3 aromatic heterocycles. The quantitative estimate of drug-likeness (QED) is 0.383. The third-order valence-electron chi connectivity index (χ3n) is 6.41. The molecule has 1 unspecified atom stereocenters. The normalized spacial score (nSPS) is 17.7. The van der Waals surface area contributed by atoms with Crippen molar-refractivity contribution in [2.45, 2.75) is 58.3 Å². The number of hydrogen-bond acceptors (Lipinski definition) is 7. The van der Waals surface area contributed by atoms with Crippen LogP contribution in [0, 0.1) is 5.92 Å². The van der Waals surface area contributed by atoms with Gasteiger partial charge in [0.1, 0.15) is 20.4 Å². The van der Waals surface area contributed by atoms with Crippen LogP contribution in [0.2, 0.25) is 0 Å². The van der Waals surface area contributed by atoms with Gasteiger partial charge in [-0.1, -0.05) is 6.92 Å². The standard InChI is InChI=1S/C24H25F2N3O3S2/c1-3-32-24(31)17-12-7-4-10(2)8-15(12)33-23(17)29-21(30)19-18(27)16-13(11-5-6-11)9-14(20(25)26)28-22(16)34-19/h9-11,20H,3-8,27H2,1-2H3,(H,29,30). The van der Waals surface area contributed by atoms with E-state index in [0.717, 1.165) is 59.4 Å². The molecule has 0 saturated heterocycles. The van der Waals surface area contributed by atoms with E-state index in [9.17, 15) is 18.4 Å². The largest absolute Gasteiger partial charge is 0.462 e. The molecule has 1 amide bonds. The van der Waals surface area contributed by atoms with Gasteiger partial charge < -0.3 is 15.8 Å². The molecule has 0 spiro atoms. The van der Waals surface area contributed by atoms with E-state index in [2.05, 4.69) is 17.2 Å². The Morgan fingerprint density at radius 1 is 1.29 bits per heavy atom. The molecule has 2 aliphatic rings. The van der Waals surface area contributed by atoms with Crippen molar-refractivity contribution in [1.82, 2.24) is 4.98 Å². The highest BCUT2D eigenvalue weighted by Gasteiger charge is 2.33. The Labute approximate surface area is 203 Å². The summed E-state index contributed by atoms with van der Waals surface area (Å²) in [6.45, 7) is 4.15. The minimum Gasteiger partial charge on any atom is -0.462 e. The van der Waals surface area contributed by atoms with Crippen LogP contribution in [0.1, 0.15) is 87.2 Å². The van der Waals surface area contributed by atoms with Crippen LogP contribution in [0.5, 0.6) is 0 Å². The Balaban J connectivity index is 1.54. The van der Waals surface area contributed by atoms with Gasteiger partial charge in [-0.15, -0.1) is 22.7 Å². The number of fused-ring (bicyclic) bond motifs is 2. The van der Waals surface area contributed by atoms with E-state index >= 15 is 0 Å². The van der Waals surface area contributed by atoms with Gasteiger partial charge in [-0.25, -0.2) is 18.6 Å². The van der Waals surface area contributed by atoms with Crippen LogP contribution in [0.25, 0.3) is 10.2 Å². The van der Waals surface area contributed by atoms with E-state index < -0.39 is 18.3 Å². The zero-order chi connectivity index (χ0) is 24.1. The number of nitrogens with one attached hydrogen (secondary N) is 1. The lowest BCUT2D eigenvalue weighted by Gasteiger charge is -2.18. The van der Waals surface area contributed by atoms with Crippen LogP contribution in [-0.2, 0) is 17.6 Å². The minimum atomic E-state index is -2.70. The molecule has 3 heterocycles. The highest BCUT2D eigenvalue weighted by Crippen LogP contribution is 2.48. The molecular formula is C24H25F2N3O3S2. The first-order valence-electron chi connectivity index (χ1n) is 11.4. The molecule has 5 rings (SSSR count).